The summed E-state index contributed by atoms with van der Waals surface area (Å²) < 4.78 is 30.3. The fourth-order valence-corrected chi connectivity index (χ4v) is 4.06. The van der Waals surface area contributed by atoms with Crippen LogP contribution in [0.25, 0.3) is 0 Å². The molecule has 2 aliphatic rings. The normalized spacial score (nSPS) is 17.0. The number of epoxide rings is 2. The van der Waals surface area contributed by atoms with Crippen molar-refractivity contribution < 1.29 is 47.6 Å². The Morgan fingerprint density at radius 3 is 1.49 bits per heavy atom. The lowest BCUT2D eigenvalue weighted by Gasteiger charge is -2.33. The van der Waals surface area contributed by atoms with Gasteiger partial charge in [0.05, 0.1) is 37.3 Å². The maximum atomic E-state index is 12.5. The molecule has 0 aromatic rings. The van der Waals surface area contributed by atoms with Crippen LogP contribution in [0.15, 0.2) is 24.3 Å². The molecule has 0 N–H and O–H groups in total. The molecule has 10 heteroatoms. The van der Waals surface area contributed by atoms with E-state index in [1.54, 1.807) is 13.8 Å². The summed E-state index contributed by atoms with van der Waals surface area (Å²) in [6.45, 7) is 25.0. The van der Waals surface area contributed by atoms with E-state index in [1.165, 1.54) is 12.8 Å². The standard InChI is InChI=1S/C19H34O5.C10H18O2.C7H10O3.CH4/c1-6-8-9-10-11-22-17(21)19(5,7-2)14-18(3,4)16(20)24-13-15-12-23-15;1-4-5-6-7-8-12-10(11)9(2)3;1-5(2)7(8)10-4-6-3-9-6;/h15H,6-14H2,1-5H3;2,4-8H2,1,3H3;6H,1,3-4H2,2H3;1H4. The maximum Gasteiger partial charge on any atom is 0.333 e. The Morgan fingerprint density at radius 2 is 1.09 bits per heavy atom. The van der Waals surface area contributed by atoms with E-state index in [-0.39, 0.29) is 43.5 Å². The number of hydrogen-bond donors (Lipinski definition) is 0. The summed E-state index contributed by atoms with van der Waals surface area (Å²) >= 11 is 0. The predicted octanol–water partition coefficient (Wildman–Crippen LogP) is 7.71. The predicted molar refractivity (Wildman–Crippen MR) is 185 cm³/mol. The summed E-state index contributed by atoms with van der Waals surface area (Å²) in [6, 6.07) is 0. The second-order valence-corrected chi connectivity index (χ2v) is 13.0. The van der Waals surface area contributed by atoms with Crippen LogP contribution in [0.3, 0.4) is 0 Å². The zero-order valence-electron chi connectivity index (χ0n) is 30.0. The van der Waals surface area contributed by atoms with Gasteiger partial charge in [-0.1, -0.05) is 79.9 Å². The molecule has 3 unspecified atom stereocenters. The van der Waals surface area contributed by atoms with Crippen LogP contribution in [0, 0.1) is 10.8 Å². The van der Waals surface area contributed by atoms with E-state index in [1.807, 2.05) is 27.7 Å². The van der Waals surface area contributed by atoms with E-state index in [2.05, 4.69) is 27.0 Å². The highest BCUT2D eigenvalue weighted by Gasteiger charge is 2.43. The van der Waals surface area contributed by atoms with Gasteiger partial charge in [-0.25, -0.2) is 9.59 Å². The molecule has 0 spiro atoms. The van der Waals surface area contributed by atoms with Gasteiger partial charge in [-0.3, -0.25) is 9.59 Å². The van der Waals surface area contributed by atoms with Gasteiger partial charge in [-0.15, -0.1) is 0 Å². The molecule has 0 amide bonds. The van der Waals surface area contributed by atoms with Gasteiger partial charge in [-0.2, -0.15) is 0 Å². The topological polar surface area (TPSA) is 130 Å². The van der Waals surface area contributed by atoms with E-state index in [9.17, 15) is 19.2 Å². The molecular weight excluding hydrogens is 604 g/mol. The average Bonchev–Trinajstić information content (AvgIpc) is 3.94. The average molecular weight is 671 g/mol. The summed E-state index contributed by atoms with van der Waals surface area (Å²) in [4.78, 5) is 46.4. The molecule has 47 heavy (non-hydrogen) atoms. The molecule has 2 fully saturated rings. The minimum atomic E-state index is -0.735. The van der Waals surface area contributed by atoms with Crippen molar-refractivity contribution in [2.24, 2.45) is 10.8 Å². The number of rotatable bonds is 21. The Hall–Kier alpha value is -2.72. The first-order chi connectivity index (χ1) is 21.6. The van der Waals surface area contributed by atoms with E-state index in [0.717, 1.165) is 38.5 Å². The minimum Gasteiger partial charge on any atom is -0.465 e. The molecule has 0 bridgehead atoms. The molecule has 2 rings (SSSR count). The monoisotopic (exact) mass is 670 g/mol. The molecule has 2 saturated heterocycles. The second-order valence-electron chi connectivity index (χ2n) is 13.0. The maximum absolute atomic E-state index is 12.5. The van der Waals surface area contributed by atoms with Gasteiger partial charge in [0, 0.05) is 11.1 Å². The van der Waals surface area contributed by atoms with Gasteiger partial charge in [0.1, 0.15) is 25.4 Å². The van der Waals surface area contributed by atoms with Gasteiger partial charge >= 0.3 is 23.9 Å². The lowest BCUT2D eigenvalue weighted by molar-refractivity contribution is -0.163. The van der Waals surface area contributed by atoms with Crippen molar-refractivity contribution in [3.63, 3.8) is 0 Å². The molecule has 3 atom stereocenters. The Labute approximate surface area is 285 Å². The first kappa shape index (κ1) is 46.4. The highest BCUT2D eigenvalue weighted by atomic mass is 16.6. The number of ether oxygens (including phenoxy) is 6. The van der Waals surface area contributed by atoms with Crippen molar-refractivity contribution in [2.75, 3.05) is 39.6 Å². The van der Waals surface area contributed by atoms with Crippen molar-refractivity contribution in [1.29, 1.82) is 0 Å². The zero-order chi connectivity index (χ0) is 35.2. The smallest absolute Gasteiger partial charge is 0.333 e. The van der Waals surface area contributed by atoms with E-state index in [4.69, 9.17) is 28.4 Å². The summed E-state index contributed by atoms with van der Waals surface area (Å²) in [7, 11) is 0. The van der Waals surface area contributed by atoms with Crippen molar-refractivity contribution in [3.05, 3.63) is 24.3 Å². The third-order valence-corrected chi connectivity index (χ3v) is 7.42. The van der Waals surface area contributed by atoms with Gasteiger partial charge < -0.3 is 28.4 Å². The lowest BCUT2D eigenvalue weighted by Crippen LogP contribution is -2.39. The van der Waals surface area contributed by atoms with Crippen LogP contribution in [0.5, 0.6) is 0 Å². The molecule has 0 aromatic carbocycles. The van der Waals surface area contributed by atoms with Crippen LogP contribution >= 0.6 is 0 Å². The van der Waals surface area contributed by atoms with Crippen LogP contribution in [-0.4, -0.2) is 75.7 Å². The van der Waals surface area contributed by atoms with Gasteiger partial charge in [-0.05, 0) is 60.3 Å². The highest BCUT2D eigenvalue weighted by Crippen LogP contribution is 2.38. The first-order valence-electron chi connectivity index (χ1n) is 16.9. The summed E-state index contributed by atoms with van der Waals surface area (Å²) in [5, 5.41) is 0. The fourth-order valence-electron chi connectivity index (χ4n) is 4.06. The number of hydrogen-bond acceptors (Lipinski definition) is 10. The zero-order valence-corrected chi connectivity index (χ0v) is 30.0. The fraction of sp³-hybridized carbons (Fsp3) is 0.784. The lowest BCUT2D eigenvalue weighted by atomic mass is 9.72. The third kappa shape index (κ3) is 23.3. The van der Waals surface area contributed by atoms with E-state index < -0.39 is 10.8 Å². The Morgan fingerprint density at radius 1 is 0.660 bits per heavy atom. The van der Waals surface area contributed by atoms with Crippen molar-refractivity contribution in [2.45, 2.75) is 139 Å². The number of unbranched alkanes of at least 4 members (excludes halogenated alkanes) is 6. The molecule has 0 aliphatic carbocycles. The molecule has 2 heterocycles. The van der Waals surface area contributed by atoms with Gasteiger partial charge in [0.25, 0.3) is 0 Å². The largest absolute Gasteiger partial charge is 0.465 e. The number of carbonyl (C=O) groups excluding carboxylic acids is 4. The van der Waals surface area contributed by atoms with Crippen LogP contribution in [0.1, 0.15) is 127 Å². The van der Waals surface area contributed by atoms with Gasteiger partial charge in [0.2, 0.25) is 0 Å². The van der Waals surface area contributed by atoms with Crippen LogP contribution in [0.4, 0.5) is 0 Å². The molecule has 0 aromatic heterocycles. The Bertz CT molecular complexity index is 949. The van der Waals surface area contributed by atoms with Gasteiger partial charge in [0.15, 0.2) is 0 Å². The highest BCUT2D eigenvalue weighted by molar-refractivity contribution is 5.87. The molecular formula is C37H66O10. The molecule has 0 saturated carbocycles. The summed E-state index contributed by atoms with van der Waals surface area (Å²) in [6.07, 6.45) is 10.0. The summed E-state index contributed by atoms with van der Waals surface area (Å²) in [5.74, 6) is -1.11. The third-order valence-electron chi connectivity index (χ3n) is 7.42. The quantitative estimate of drug-likeness (QED) is 0.0393. The van der Waals surface area contributed by atoms with Crippen molar-refractivity contribution in [1.82, 2.24) is 0 Å². The number of esters is 4. The Balaban J connectivity index is 0. The molecule has 274 valence electrons. The Kier molecular flexibility index (Phi) is 25.0. The SMILES string of the molecule is C.C=C(C)C(=O)OCC1CO1.C=C(C)C(=O)OCCCCCC.CCCCCCOC(=O)C(C)(CC)CC(C)(C)C(=O)OCC1CO1. The molecule has 0 radical (unpaired) electrons. The van der Waals surface area contributed by atoms with Crippen LogP contribution in [0.2, 0.25) is 0 Å². The van der Waals surface area contributed by atoms with Crippen molar-refractivity contribution in [3.8, 4) is 0 Å². The molecule has 2 aliphatic heterocycles. The second kappa shape index (κ2) is 25.3. The first-order valence-corrected chi connectivity index (χ1v) is 16.9. The van der Waals surface area contributed by atoms with E-state index in [0.29, 0.717) is 63.6 Å². The molecule has 10 nitrogen and oxygen atoms in total. The van der Waals surface area contributed by atoms with Crippen molar-refractivity contribution >= 4 is 23.9 Å². The van der Waals surface area contributed by atoms with Crippen LogP contribution in [-0.2, 0) is 47.6 Å². The number of carbonyl (C=O) groups is 4. The van der Waals surface area contributed by atoms with E-state index >= 15 is 0 Å². The minimum absolute atomic E-state index is 0. The van der Waals surface area contributed by atoms with Crippen LogP contribution < -0.4 is 0 Å². The summed E-state index contributed by atoms with van der Waals surface area (Å²) in [5.41, 5.74) is -0.504.